The van der Waals surface area contributed by atoms with Crippen LogP contribution >= 0.6 is 0 Å². The highest BCUT2D eigenvalue weighted by Crippen LogP contribution is 2.59. The minimum absolute atomic E-state index is 0.0220. The third-order valence-electron chi connectivity index (χ3n) is 10.7. The van der Waals surface area contributed by atoms with Crippen LogP contribution < -0.4 is 4.74 Å². The molecule has 2 bridgehead atoms. The minimum atomic E-state index is -4.82. The number of alkyl halides is 3. The van der Waals surface area contributed by atoms with Crippen molar-refractivity contribution in [3.05, 3.63) is 112 Å². The maximum absolute atomic E-state index is 14.1. The molecule has 3 aliphatic rings. The average molecular weight is 696 g/mol. The zero-order valence-electron chi connectivity index (χ0n) is 28.7. The monoisotopic (exact) mass is 695 g/mol. The molecule has 0 amide bonds. The summed E-state index contributed by atoms with van der Waals surface area (Å²) in [5.41, 5.74) is 2.57. The van der Waals surface area contributed by atoms with Crippen molar-refractivity contribution < 1.29 is 43.1 Å². The molecule has 4 N–H and O–H groups in total. The van der Waals surface area contributed by atoms with Gasteiger partial charge in [-0.3, -0.25) is 9.69 Å². The normalized spacial score (nSPS) is 25.1. The van der Waals surface area contributed by atoms with Crippen molar-refractivity contribution in [3.8, 4) is 5.75 Å². The van der Waals surface area contributed by atoms with E-state index in [4.69, 9.17) is 0 Å². The van der Waals surface area contributed by atoms with Crippen LogP contribution in [0.25, 0.3) is 0 Å². The largest absolute Gasteiger partial charge is 0.573 e. The molecule has 0 saturated heterocycles. The molecule has 270 valence electrons. The van der Waals surface area contributed by atoms with Crippen LogP contribution in [-0.2, 0) is 13.0 Å². The van der Waals surface area contributed by atoms with Crippen LogP contribution in [0.3, 0.4) is 0 Å². The number of fused-ring (bicyclic) bond motifs is 8. The van der Waals surface area contributed by atoms with Gasteiger partial charge in [-0.25, -0.2) is 0 Å². The second kappa shape index (κ2) is 15.8. The van der Waals surface area contributed by atoms with E-state index in [0.29, 0.717) is 55.2 Å². The summed E-state index contributed by atoms with van der Waals surface area (Å²) in [5.74, 6) is -0.685. The van der Waals surface area contributed by atoms with E-state index in [2.05, 4.69) is 17.7 Å². The van der Waals surface area contributed by atoms with Gasteiger partial charge in [0, 0.05) is 36.2 Å². The predicted molar refractivity (Wildman–Crippen MR) is 185 cm³/mol. The highest BCUT2D eigenvalue weighted by molar-refractivity contribution is 6.10. The van der Waals surface area contributed by atoms with Crippen LogP contribution in [0.15, 0.2) is 84.4 Å². The summed E-state index contributed by atoms with van der Waals surface area (Å²) in [7, 11) is 0. The lowest BCUT2D eigenvalue weighted by atomic mass is 9.64. The molecule has 3 aromatic rings. The minimum Gasteiger partial charge on any atom is -0.406 e. The second-order valence-corrected chi connectivity index (χ2v) is 14.3. The Hall–Kier alpha value is -3.54. The predicted octanol–water partition coefficient (Wildman–Crippen LogP) is 6.71. The van der Waals surface area contributed by atoms with Gasteiger partial charge in [-0.1, -0.05) is 73.2 Å². The van der Waals surface area contributed by atoms with Crippen molar-refractivity contribution in [2.24, 2.45) is 5.41 Å². The summed E-state index contributed by atoms with van der Waals surface area (Å²) < 4.78 is 42.3. The molecular weight excluding hydrogens is 647 g/mol. The zero-order valence-corrected chi connectivity index (χ0v) is 28.7. The smallest absolute Gasteiger partial charge is 0.406 e. The first-order valence-electron chi connectivity index (χ1n) is 17.3. The topological polar surface area (TPSA) is 110 Å². The van der Waals surface area contributed by atoms with E-state index in [1.165, 1.54) is 24.3 Å². The Morgan fingerprint density at radius 3 is 2.44 bits per heavy atom. The molecule has 0 aliphatic heterocycles. The number of rotatable bonds is 10. The molecule has 6 rings (SSSR count). The standard InChI is InChI=1S/C40H48F3NO6/c1-27-7-6-19-38(2)36(34-17-13-29(21-31(46)14-10-27)22-35(34)37(48)30-8-4-3-5-9-30)18-20-39(38,49)26-44(24-32(47)25-45)23-28-11-15-33(16-12-28)50-40(41,42)43/h3-5,7-9,11-13,15-17,22,31-32,36,45-47,49H,6,10,14,18-21,23-26H2,1-2H3/t31-,32-,36-,38-,39+/m0/s1. The van der Waals surface area contributed by atoms with Gasteiger partial charge in [-0.05, 0) is 92.7 Å². The van der Waals surface area contributed by atoms with Gasteiger partial charge in [0.05, 0.1) is 24.4 Å². The van der Waals surface area contributed by atoms with Crippen molar-refractivity contribution in [2.45, 2.75) is 95.4 Å². The number of aliphatic hydroxyl groups excluding tert-OH is 3. The molecule has 0 heterocycles. The van der Waals surface area contributed by atoms with E-state index in [-0.39, 0.29) is 37.1 Å². The van der Waals surface area contributed by atoms with Crippen molar-refractivity contribution >= 4 is 5.78 Å². The van der Waals surface area contributed by atoms with E-state index in [1.807, 2.05) is 48.2 Å². The highest BCUT2D eigenvalue weighted by atomic mass is 19.4. The first-order chi connectivity index (χ1) is 23.7. The number of carbonyl (C=O) groups excluding carboxylic acids is 1. The Morgan fingerprint density at radius 2 is 1.76 bits per heavy atom. The second-order valence-electron chi connectivity index (χ2n) is 14.3. The molecule has 50 heavy (non-hydrogen) atoms. The number of hydrogen-bond acceptors (Lipinski definition) is 7. The molecule has 0 unspecified atom stereocenters. The fraction of sp³-hybridized carbons (Fsp3) is 0.475. The Balaban J connectivity index is 1.53. The lowest BCUT2D eigenvalue weighted by Crippen LogP contribution is -2.53. The maximum Gasteiger partial charge on any atom is 0.573 e. The van der Waals surface area contributed by atoms with Crippen LogP contribution in [0, 0.1) is 5.41 Å². The van der Waals surface area contributed by atoms with Crippen molar-refractivity contribution in [3.63, 3.8) is 0 Å². The molecule has 0 aromatic heterocycles. The molecule has 3 aliphatic carbocycles. The zero-order chi connectivity index (χ0) is 36.1. The first-order valence-corrected chi connectivity index (χ1v) is 17.3. The molecular formula is C40H48F3NO6. The third kappa shape index (κ3) is 9.03. The molecule has 3 aromatic carbocycles. The Kier molecular flexibility index (Phi) is 11.9. The van der Waals surface area contributed by atoms with Crippen LogP contribution in [-0.4, -0.2) is 75.0 Å². The molecule has 10 heteroatoms. The fourth-order valence-electron chi connectivity index (χ4n) is 7.91. The Labute approximate surface area is 292 Å². The number of carbonyl (C=O) groups is 1. The van der Waals surface area contributed by atoms with E-state index in [0.717, 1.165) is 23.1 Å². The van der Waals surface area contributed by atoms with Gasteiger partial charge in [0.15, 0.2) is 5.78 Å². The average Bonchev–Trinajstić information content (AvgIpc) is 3.32. The number of ketones is 1. The summed E-state index contributed by atoms with van der Waals surface area (Å²) in [6.07, 6.45) is -0.344. The Bertz CT molecular complexity index is 1630. The van der Waals surface area contributed by atoms with Crippen LogP contribution in [0.1, 0.15) is 90.9 Å². The van der Waals surface area contributed by atoms with Gasteiger partial charge in [0.25, 0.3) is 0 Å². The van der Waals surface area contributed by atoms with E-state index < -0.39 is 36.2 Å². The molecule has 0 spiro atoms. The van der Waals surface area contributed by atoms with Crippen LogP contribution in [0.4, 0.5) is 13.2 Å². The van der Waals surface area contributed by atoms with Crippen molar-refractivity contribution in [1.29, 1.82) is 0 Å². The van der Waals surface area contributed by atoms with Gasteiger partial charge in [-0.2, -0.15) is 0 Å². The summed E-state index contributed by atoms with van der Waals surface area (Å²) in [4.78, 5) is 16.0. The molecule has 1 fully saturated rings. The number of hydrogen-bond donors (Lipinski definition) is 4. The summed E-state index contributed by atoms with van der Waals surface area (Å²) in [6.45, 7) is 3.95. The van der Waals surface area contributed by atoms with Crippen LogP contribution in [0.2, 0.25) is 0 Å². The SMILES string of the molecule is CC1=CCC[C@@]2(C)[C@@H](CC[C@@]2(O)CN(Cc2ccc(OC(F)(F)F)cc2)C[C@H](O)CO)c2ccc(cc2C(=O)c2ccccc2)C[C@@H](O)CC1. The van der Waals surface area contributed by atoms with Gasteiger partial charge in [0.2, 0.25) is 0 Å². The molecule has 0 radical (unpaired) electrons. The van der Waals surface area contributed by atoms with E-state index in [1.54, 1.807) is 12.1 Å². The van der Waals surface area contributed by atoms with Gasteiger partial charge >= 0.3 is 6.36 Å². The number of ether oxygens (including phenoxy) is 1. The van der Waals surface area contributed by atoms with E-state index >= 15 is 0 Å². The fourth-order valence-corrected chi connectivity index (χ4v) is 7.91. The maximum atomic E-state index is 14.1. The number of aliphatic hydroxyl groups is 4. The van der Waals surface area contributed by atoms with Crippen molar-refractivity contribution in [1.82, 2.24) is 4.90 Å². The summed E-state index contributed by atoms with van der Waals surface area (Å²) in [5, 5.41) is 43.9. The molecule has 1 saturated carbocycles. The van der Waals surface area contributed by atoms with Crippen molar-refractivity contribution in [2.75, 3.05) is 19.7 Å². The van der Waals surface area contributed by atoms with Gasteiger partial charge in [0.1, 0.15) is 5.75 Å². The van der Waals surface area contributed by atoms with Crippen LogP contribution in [0.5, 0.6) is 5.75 Å². The number of nitrogens with zero attached hydrogens (tertiary/aromatic N) is 1. The quantitative estimate of drug-likeness (QED) is 0.138. The summed E-state index contributed by atoms with van der Waals surface area (Å²) in [6, 6.07) is 20.4. The molecule has 5 atom stereocenters. The lowest BCUT2D eigenvalue weighted by molar-refractivity contribution is -0.274. The van der Waals surface area contributed by atoms with Gasteiger partial charge < -0.3 is 25.2 Å². The summed E-state index contributed by atoms with van der Waals surface area (Å²) >= 11 is 0. The first kappa shape index (κ1) is 37.7. The number of halogens is 3. The number of allylic oxidation sites excluding steroid dienone is 2. The third-order valence-corrected chi connectivity index (χ3v) is 10.7. The Morgan fingerprint density at radius 1 is 1.04 bits per heavy atom. The van der Waals surface area contributed by atoms with E-state index in [9.17, 15) is 38.4 Å². The number of benzene rings is 3. The lowest BCUT2D eigenvalue weighted by Gasteiger charge is -2.46. The molecule has 7 nitrogen and oxygen atoms in total. The highest BCUT2D eigenvalue weighted by Gasteiger charge is 2.57. The van der Waals surface area contributed by atoms with Gasteiger partial charge in [-0.15, -0.1) is 13.2 Å².